The molecule has 0 aromatic carbocycles. The lowest BCUT2D eigenvalue weighted by Gasteiger charge is -2.33. The molecule has 0 spiro atoms. The van der Waals surface area contributed by atoms with Crippen LogP contribution < -0.4 is 5.32 Å². The average Bonchev–Trinajstić information content (AvgIpc) is 3.22. The van der Waals surface area contributed by atoms with Gasteiger partial charge in [-0.05, 0) is 32.7 Å². The quantitative estimate of drug-likeness (QED) is 0.697. The number of esters is 1. The first-order valence-electron chi connectivity index (χ1n) is 6.82. The SMILES string of the molecule is COC(=O)C(CN(C)C1CCOCC1)NC1CC1. The summed E-state index contributed by atoms with van der Waals surface area (Å²) < 4.78 is 10.2. The Morgan fingerprint density at radius 3 is 2.61 bits per heavy atom. The smallest absolute Gasteiger partial charge is 0.324 e. The first kappa shape index (κ1) is 13.8. The van der Waals surface area contributed by atoms with Crippen LogP contribution in [0, 0.1) is 0 Å². The number of hydrogen-bond acceptors (Lipinski definition) is 5. The Bertz CT molecular complexity index is 275. The fourth-order valence-corrected chi connectivity index (χ4v) is 2.44. The van der Waals surface area contributed by atoms with Crippen molar-refractivity contribution in [3.63, 3.8) is 0 Å². The lowest BCUT2D eigenvalue weighted by atomic mass is 10.1. The summed E-state index contributed by atoms with van der Waals surface area (Å²) >= 11 is 0. The molecule has 1 saturated carbocycles. The van der Waals surface area contributed by atoms with Crippen molar-refractivity contribution in [2.75, 3.05) is 33.9 Å². The fraction of sp³-hybridized carbons (Fsp3) is 0.923. The van der Waals surface area contributed by atoms with Gasteiger partial charge in [-0.2, -0.15) is 0 Å². The van der Waals surface area contributed by atoms with Crippen molar-refractivity contribution in [3.05, 3.63) is 0 Å². The number of carbonyl (C=O) groups is 1. The van der Waals surface area contributed by atoms with Gasteiger partial charge < -0.3 is 19.7 Å². The van der Waals surface area contributed by atoms with E-state index in [0.29, 0.717) is 18.6 Å². The van der Waals surface area contributed by atoms with Crippen LogP contribution in [0.2, 0.25) is 0 Å². The molecule has 18 heavy (non-hydrogen) atoms. The highest BCUT2D eigenvalue weighted by molar-refractivity contribution is 5.76. The standard InChI is InChI=1S/C13H24N2O3/c1-15(11-5-7-18-8-6-11)9-12(13(16)17-2)14-10-3-4-10/h10-12,14H,3-9H2,1-2H3. The number of ether oxygens (including phenoxy) is 2. The summed E-state index contributed by atoms with van der Waals surface area (Å²) in [6.45, 7) is 2.37. The maximum absolute atomic E-state index is 11.8. The molecular weight excluding hydrogens is 232 g/mol. The molecule has 2 rings (SSSR count). The van der Waals surface area contributed by atoms with Gasteiger partial charge in [-0.3, -0.25) is 4.79 Å². The van der Waals surface area contributed by atoms with Gasteiger partial charge in [0.05, 0.1) is 7.11 Å². The molecule has 5 nitrogen and oxygen atoms in total. The molecule has 1 aliphatic heterocycles. The zero-order valence-corrected chi connectivity index (χ0v) is 11.4. The largest absolute Gasteiger partial charge is 0.468 e. The van der Waals surface area contributed by atoms with E-state index < -0.39 is 0 Å². The maximum atomic E-state index is 11.8. The minimum absolute atomic E-state index is 0.152. The van der Waals surface area contributed by atoms with Crippen molar-refractivity contribution < 1.29 is 14.3 Å². The topological polar surface area (TPSA) is 50.8 Å². The van der Waals surface area contributed by atoms with Crippen LogP contribution in [-0.4, -0.2) is 62.9 Å². The summed E-state index contributed by atoms with van der Waals surface area (Å²) in [5, 5.41) is 3.36. The lowest BCUT2D eigenvalue weighted by Crippen LogP contribution is -2.50. The molecule has 1 N–H and O–H groups in total. The normalized spacial score (nSPS) is 23.1. The lowest BCUT2D eigenvalue weighted by molar-refractivity contribution is -0.143. The number of methoxy groups -OCH3 is 1. The summed E-state index contributed by atoms with van der Waals surface area (Å²) in [4.78, 5) is 14.0. The van der Waals surface area contributed by atoms with Gasteiger partial charge in [0.2, 0.25) is 0 Å². The van der Waals surface area contributed by atoms with Gasteiger partial charge >= 0.3 is 5.97 Å². The second kappa shape index (κ2) is 6.50. The van der Waals surface area contributed by atoms with Crippen molar-refractivity contribution in [2.45, 2.75) is 43.8 Å². The Balaban J connectivity index is 1.83. The number of rotatable bonds is 6. The van der Waals surface area contributed by atoms with E-state index >= 15 is 0 Å². The molecule has 104 valence electrons. The Morgan fingerprint density at radius 1 is 1.39 bits per heavy atom. The third-order valence-corrected chi connectivity index (χ3v) is 3.78. The van der Waals surface area contributed by atoms with Crippen LogP contribution in [0.3, 0.4) is 0 Å². The van der Waals surface area contributed by atoms with E-state index in [1.807, 2.05) is 0 Å². The summed E-state index contributed by atoms with van der Waals surface area (Å²) in [5.41, 5.74) is 0. The van der Waals surface area contributed by atoms with E-state index in [4.69, 9.17) is 9.47 Å². The van der Waals surface area contributed by atoms with E-state index in [9.17, 15) is 4.79 Å². The predicted octanol–water partition coefficient (Wildman–Crippen LogP) is 0.391. The predicted molar refractivity (Wildman–Crippen MR) is 68.4 cm³/mol. The molecule has 1 atom stereocenters. The highest BCUT2D eigenvalue weighted by Gasteiger charge is 2.31. The van der Waals surface area contributed by atoms with E-state index in [0.717, 1.165) is 26.1 Å². The molecule has 0 bridgehead atoms. The van der Waals surface area contributed by atoms with Crippen LogP contribution in [0.4, 0.5) is 0 Å². The molecule has 2 fully saturated rings. The van der Waals surface area contributed by atoms with Crippen molar-refractivity contribution in [1.82, 2.24) is 10.2 Å². The van der Waals surface area contributed by atoms with E-state index in [2.05, 4.69) is 17.3 Å². The monoisotopic (exact) mass is 256 g/mol. The zero-order chi connectivity index (χ0) is 13.0. The van der Waals surface area contributed by atoms with Crippen LogP contribution in [0.15, 0.2) is 0 Å². The molecule has 1 saturated heterocycles. The number of carbonyl (C=O) groups excluding carboxylic acids is 1. The van der Waals surface area contributed by atoms with Gasteiger partial charge in [0.15, 0.2) is 0 Å². The number of nitrogens with one attached hydrogen (secondary N) is 1. The summed E-state index contributed by atoms with van der Waals surface area (Å²) in [7, 11) is 3.54. The molecule has 1 unspecified atom stereocenters. The number of likely N-dealkylation sites (N-methyl/N-ethyl adjacent to an activating group) is 1. The number of nitrogens with zero attached hydrogens (tertiary/aromatic N) is 1. The van der Waals surface area contributed by atoms with Crippen molar-refractivity contribution in [2.24, 2.45) is 0 Å². The Labute approximate surface area is 109 Å². The Kier molecular flexibility index (Phi) is 4.97. The molecule has 0 amide bonds. The molecule has 2 aliphatic rings. The summed E-state index contributed by atoms with van der Waals surface area (Å²) in [6.07, 6.45) is 4.45. The van der Waals surface area contributed by atoms with Crippen LogP contribution in [-0.2, 0) is 14.3 Å². The van der Waals surface area contributed by atoms with E-state index in [-0.39, 0.29) is 12.0 Å². The second-order valence-corrected chi connectivity index (χ2v) is 5.30. The van der Waals surface area contributed by atoms with Gasteiger partial charge in [0.1, 0.15) is 6.04 Å². The molecule has 1 aliphatic carbocycles. The van der Waals surface area contributed by atoms with E-state index in [1.165, 1.54) is 20.0 Å². The molecule has 0 aromatic rings. The Hall–Kier alpha value is -0.650. The number of hydrogen-bond donors (Lipinski definition) is 1. The Morgan fingerprint density at radius 2 is 2.06 bits per heavy atom. The first-order valence-corrected chi connectivity index (χ1v) is 6.82. The van der Waals surface area contributed by atoms with Crippen molar-refractivity contribution in [3.8, 4) is 0 Å². The summed E-state index contributed by atoms with van der Waals surface area (Å²) in [5.74, 6) is -0.152. The minimum atomic E-state index is -0.199. The van der Waals surface area contributed by atoms with Gasteiger partial charge in [-0.1, -0.05) is 0 Å². The van der Waals surface area contributed by atoms with Gasteiger partial charge in [-0.15, -0.1) is 0 Å². The van der Waals surface area contributed by atoms with Gasteiger partial charge in [0.25, 0.3) is 0 Å². The third kappa shape index (κ3) is 3.93. The molecule has 0 aromatic heterocycles. The molecular formula is C13H24N2O3. The van der Waals surface area contributed by atoms with Gasteiger partial charge in [0, 0.05) is 31.8 Å². The van der Waals surface area contributed by atoms with E-state index in [1.54, 1.807) is 0 Å². The first-order chi connectivity index (χ1) is 8.70. The highest BCUT2D eigenvalue weighted by atomic mass is 16.5. The zero-order valence-electron chi connectivity index (χ0n) is 11.4. The maximum Gasteiger partial charge on any atom is 0.324 e. The highest BCUT2D eigenvalue weighted by Crippen LogP contribution is 2.20. The van der Waals surface area contributed by atoms with Crippen LogP contribution in [0.1, 0.15) is 25.7 Å². The van der Waals surface area contributed by atoms with Crippen molar-refractivity contribution in [1.29, 1.82) is 0 Å². The van der Waals surface area contributed by atoms with Crippen molar-refractivity contribution >= 4 is 5.97 Å². The second-order valence-electron chi connectivity index (χ2n) is 5.30. The fourth-order valence-electron chi connectivity index (χ4n) is 2.44. The van der Waals surface area contributed by atoms with Gasteiger partial charge in [-0.25, -0.2) is 0 Å². The van der Waals surface area contributed by atoms with Crippen LogP contribution in [0.5, 0.6) is 0 Å². The summed E-state index contributed by atoms with van der Waals surface area (Å²) in [6, 6.07) is 0.833. The molecule has 1 heterocycles. The van der Waals surface area contributed by atoms with Crippen LogP contribution in [0.25, 0.3) is 0 Å². The molecule has 5 heteroatoms. The van der Waals surface area contributed by atoms with Crippen LogP contribution >= 0.6 is 0 Å². The third-order valence-electron chi connectivity index (χ3n) is 3.78. The molecule has 0 radical (unpaired) electrons. The average molecular weight is 256 g/mol. The minimum Gasteiger partial charge on any atom is -0.468 e.